The summed E-state index contributed by atoms with van der Waals surface area (Å²) in [6.07, 6.45) is 0.350. The zero-order chi connectivity index (χ0) is 18.7. The highest BCUT2D eigenvalue weighted by Crippen LogP contribution is 2.29. The van der Waals surface area contributed by atoms with Crippen LogP contribution in [0.5, 0.6) is 5.75 Å². The first-order valence-electron chi connectivity index (χ1n) is 8.75. The van der Waals surface area contributed by atoms with E-state index in [1.165, 1.54) is 11.3 Å². The number of nitrogens with zero attached hydrogens (tertiary/aromatic N) is 2. The van der Waals surface area contributed by atoms with E-state index in [2.05, 4.69) is 17.9 Å². The first-order valence-corrected chi connectivity index (χ1v) is 9.63. The van der Waals surface area contributed by atoms with Gasteiger partial charge < -0.3 is 14.5 Å². The molecule has 2 aromatic rings. The van der Waals surface area contributed by atoms with E-state index in [4.69, 9.17) is 4.74 Å². The van der Waals surface area contributed by atoms with Gasteiger partial charge in [-0.05, 0) is 43.0 Å². The van der Waals surface area contributed by atoms with E-state index in [0.29, 0.717) is 17.8 Å². The standard InChI is InChI=1S/C20H24N2O3S/c1-14-12-21(17-6-4-5-7-18(17)25-3)8-9-22(14)20(24)11-16-10-19(15(2)23)26-13-16/h4-7,10,13-14H,8-9,11-12H2,1-3H3. The van der Waals surface area contributed by atoms with Gasteiger partial charge in [0.05, 0.1) is 24.1 Å². The van der Waals surface area contributed by atoms with Gasteiger partial charge in [0, 0.05) is 25.7 Å². The van der Waals surface area contributed by atoms with Crippen LogP contribution in [-0.2, 0) is 11.2 Å². The molecule has 1 aliphatic rings. The number of hydrogen-bond acceptors (Lipinski definition) is 5. The van der Waals surface area contributed by atoms with E-state index >= 15 is 0 Å². The lowest BCUT2D eigenvalue weighted by Crippen LogP contribution is -2.54. The van der Waals surface area contributed by atoms with Crippen molar-refractivity contribution in [1.29, 1.82) is 0 Å². The average Bonchev–Trinajstić information content (AvgIpc) is 3.10. The zero-order valence-electron chi connectivity index (χ0n) is 15.4. The van der Waals surface area contributed by atoms with E-state index in [9.17, 15) is 9.59 Å². The van der Waals surface area contributed by atoms with E-state index in [1.54, 1.807) is 14.0 Å². The van der Waals surface area contributed by atoms with Crippen molar-refractivity contribution < 1.29 is 14.3 Å². The lowest BCUT2D eigenvalue weighted by Gasteiger charge is -2.41. The number of hydrogen-bond donors (Lipinski definition) is 0. The molecule has 1 atom stereocenters. The van der Waals surface area contributed by atoms with E-state index < -0.39 is 0 Å². The van der Waals surface area contributed by atoms with E-state index in [0.717, 1.165) is 30.1 Å². The number of ketones is 1. The Balaban J connectivity index is 1.64. The first-order chi connectivity index (χ1) is 12.5. The zero-order valence-corrected chi connectivity index (χ0v) is 16.2. The van der Waals surface area contributed by atoms with Crippen molar-refractivity contribution in [2.24, 2.45) is 0 Å². The molecular weight excluding hydrogens is 348 g/mol. The number of thiophene rings is 1. The minimum absolute atomic E-state index is 0.0486. The summed E-state index contributed by atoms with van der Waals surface area (Å²) in [5, 5.41) is 1.91. The predicted octanol–water partition coefficient (Wildman–Crippen LogP) is 3.24. The van der Waals surface area contributed by atoms with Crippen molar-refractivity contribution in [1.82, 2.24) is 4.90 Å². The normalized spacial score (nSPS) is 17.3. The number of carbonyl (C=O) groups is 2. The molecule has 26 heavy (non-hydrogen) atoms. The molecule has 0 spiro atoms. The Morgan fingerprint density at radius 2 is 2.04 bits per heavy atom. The van der Waals surface area contributed by atoms with Crippen molar-refractivity contribution in [2.75, 3.05) is 31.6 Å². The topological polar surface area (TPSA) is 49.9 Å². The molecule has 0 radical (unpaired) electrons. The third-order valence-electron chi connectivity index (χ3n) is 4.73. The molecule has 1 amide bonds. The van der Waals surface area contributed by atoms with Crippen molar-refractivity contribution in [3.63, 3.8) is 0 Å². The molecule has 0 N–H and O–H groups in total. The van der Waals surface area contributed by atoms with Gasteiger partial charge >= 0.3 is 0 Å². The Morgan fingerprint density at radius 3 is 2.69 bits per heavy atom. The highest BCUT2D eigenvalue weighted by molar-refractivity contribution is 7.12. The van der Waals surface area contributed by atoms with Crippen LogP contribution in [0.3, 0.4) is 0 Å². The van der Waals surface area contributed by atoms with Crippen LogP contribution in [0.25, 0.3) is 0 Å². The van der Waals surface area contributed by atoms with Crippen LogP contribution < -0.4 is 9.64 Å². The molecule has 1 aromatic carbocycles. The number of rotatable bonds is 5. The van der Waals surface area contributed by atoms with E-state index in [-0.39, 0.29) is 17.7 Å². The second-order valence-corrected chi connectivity index (χ2v) is 7.52. The Labute approximate surface area is 158 Å². The highest BCUT2D eigenvalue weighted by Gasteiger charge is 2.28. The van der Waals surface area contributed by atoms with Crippen molar-refractivity contribution in [3.8, 4) is 5.75 Å². The molecule has 1 fully saturated rings. The van der Waals surface area contributed by atoms with Crippen LogP contribution in [0, 0.1) is 0 Å². The number of para-hydroxylation sites is 2. The summed E-state index contributed by atoms with van der Waals surface area (Å²) in [4.78, 5) is 29.1. The van der Waals surface area contributed by atoms with Gasteiger partial charge in [-0.25, -0.2) is 0 Å². The average molecular weight is 372 g/mol. The fourth-order valence-electron chi connectivity index (χ4n) is 3.37. The van der Waals surface area contributed by atoms with Crippen LogP contribution in [-0.4, -0.2) is 49.4 Å². The third-order valence-corrected chi connectivity index (χ3v) is 5.81. The molecule has 5 nitrogen and oxygen atoms in total. The quantitative estimate of drug-likeness (QED) is 0.756. The number of piperazine rings is 1. The molecule has 1 aliphatic heterocycles. The minimum Gasteiger partial charge on any atom is -0.495 e. The molecule has 1 aromatic heterocycles. The number of carbonyl (C=O) groups excluding carboxylic acids is 2. The molecule has 0 aliphatic carbocycles. The molecule has 6 heteroatoms. The van der Waals surface area contributed by atoms with Crippen LogP contribution in [0.15, 0.2) is 35.7 Å². The maximum absolute atomic E-state index is 12.7. The van der Waals surface area contributed by atoms with Gasteiger partial charge in [-0.1, -0.05) is 12.1 Å². The van der Waals surface area contributed by atoms with Gasteiger partial charge in [0.15, 0.2) is 5.78 Å². The maximum atomic E-state index is 12.7. The lowest BCUT2D eigenvalue weighted by molar-refractivity contribution is -0.132. The number of benzene rings is 1. The van der Waals surface area contributed by atoms with Gasteiger partial charge in [-0.3, -0.25) is 9.59 Å². The number of anilines is 1. The number of methoxy groups -OCH3 is 1. The van der Waals surface area contributed by atoms with Crippen LogP contribution in [0.2, 0.25) is 0 Å². The molecule has 0 saturated carbocycles. The maximum Gasteiger partial charge on any atom is 0.227 e. The molecule has 1 unspecified atom stereocenters. The Bertz CT molecular complexity index is 802. The minimum atomic E-state index is 0.0486. The van der Waals surface area contributed by atoms with Crippen LogP contribution >= 0.6 is 11.3 Å². The Morgan fingerprint density at radius 1 is 1.27 bits per heavy atom. The van der Waals surface area contributed by atoms with Gasteiger partial charge in [-0.2, -0.15) is 0 Å². The molecular formula is C20H24N2O3S. The fourth-order valence-corrected chi connectivity index (χ4v) is 4.18. The van der Waals surface area contributed by atoms with Crippen molar-refractivity contribution in [3.05, 3.63) is 46.2 Å². The summed E-state index contributed by atoms with van der Waals surface area (Å²) in [5.41, 5.74) is 1.99. The number of amides is 1. The second-order valence-electron chi connectivity index (χ2n) is 6.61. The van der Waals surface area contributed by atoms with Crippen molar-refractivity contribution >= 4 is 28.7 Å². The Kier molecular flexibility index (Phi) is 5.61. The van der Waals surface area contributed by atoms with Gasteiger partial charge in [0.1, 0.15) is 5.75 Å². The lowest BCUT2D eigenvalue weighted by atomic mass is 10.1. The largest absolute Gasteiger partial charge is 0.495 e. The van der Waals surface area contributed by atoms with Gasteiger partial charge in [-0.15, -0.1) is 11.3 Å². The first kappa shape index (κ1) is 18.5. The summed E-state index contributed by atoms with van der Waals surface area (Å²) >= 11 is 1.41. The van der Waals surface area contributed by atoms with E-state index in [1.807, 2.05) is 34.5 Å². The highest BCUT2D eigenvalue weighted by atomic mass is 32.1. The molecule has 3 rings (SSSR count). The summed E-state index contributed by atoms with van der Waals surface area (Å²) in [6, 6.07) is 9.93. The van der Waals surface area contributed by atoms with Crippen LogP contribution in [0.4, 0.5) is 5.69 Å². The monoisotopic (exact) mass is 372 g/mol. The predicted molar refractivity (Wildman–Crippen MR) is 104 cm³/mol. The number of ether oxygens (including phenoxy) is 1. The molecule has 2 heterocycles. The summed E-state index contributed by atoms with van der Waals surface area (Å²) < 4.78 is 5.46. The third kappa shape index (κ3) is 3.90. The summed E-state index contributed by atoms with van der Waals surface area (Å²) in [5.74, 6) is 1.02. The smallest absolute Gasteiger partial charge is 0.227 e. The molecule has 1 saturated heterocycles. The summed E-state index contributed by atoms with van der Waals surface area (Å²) in [7, 11) is 1.68. The van der Waals surface area contributed by atoms with Gasteiger partial charge in [0.25, 0.3) is 0 Å². The SMILES string of the molecule is COc1ccccc1N1CCN(C(=O)Cc2csc(C(C)=O)c2)C(C)C1. The molecule has 0 bridgehead atoms. The van der Waals surface area contributed by atoms with Crippen molar-refractivity contribution in [2.45, 2.75) is 26.3 Å². The molecule has 138 valence electrons. The summed E-state index contributed by atoms with van der Waals surface area (Å²) in [6.45, 7) is 5.86. The van der Waals surface area contributed by atoms with Crippen LogP contribution in [0.1, 0.15) is 29.1 Å². The van der Waals surface area contributed by atoms with Gasteiger partial charge in [0.2, 0.25) is 5.91 Å². The Hall–Kier alpha value is -2.34. The number of Topliss-reactive ketones (excluding diaryl/α,β-unsaturated/α-hetero) is 1. The second kappa shape index (κ2) is 7.91. The fraction of sp³-hybridized carbons (Fsp3) is 0.400.